The van der Waals surface area contributed by atoms with Crippen LogP contribution in [0.3, 0.4) is 0 Å². The fourth-order valence-corrected chi connectivity index (χ4v) is 2.03. The molecule has 1 aromatic rings. The third kappa shape index (κ3) is 6.29. The molecule has 0 heterocycles. The number of nitrogens with zero attached hydrogens (tertiary/aromatic N) is 1. The maximum atomic E-state index is 12.1. The summed E-state index contributed by atoms with van der Waals surface area (Å²) in [6, 6.07) is 9.58. The summed E-state index contributed by atoms with van der Waals surface area (Å²) in [6.45, 7) is 5.25. The molecule has 0 bridgehead atoms. The topological polar surface area (TPSA) is 69.6 Å². The maximum Gasteiger partial charge on any atom is 0.323 e. The van der Waals surface area contributed by atoms with E-state index in [1.54, 1.807) is 13.8 Å². The van der Waals surface area contributed by atoms with Crippen molar-refractivity contribution in [2.45, 2.75) is 45.7 Å². The van der Waals surface area contributed by atoms with Crippen LogP contribution in [0.4, 0.5) is 4.79 Å². The molecule has 1 atom stereocenters. The summed E-state index contributed by atoms with van der Waals surface area (Å²) < 4.78 is 0. The standard InChI is InChI=1S/C16H24N2O3/c1-12(2)18(11-15(19)20)16(21)17-13(3)9-10-14-7-5-4-6-8-14/h4-8,12-13H,9-11H2,1-3H3,(H,17,21)(H,19,20). The number of amides is 2. The average Bonchev–Trinajstić information content (AvgIpc) is 2.43. The Balaban J connectivity index is 2.46. The Morgan fingerprint density at radius 3 is 2.33 bits per heavy atom. The average molecular weight is 292 g/mol. The van der Waals surface area contributed by atoms with E-state index in [-0.39, 0.29) is 24.7 Å². The van der Waals surface area contributed by atoms with Gasteiger partial charge in [-0.3, -0.25) is 4.79 Å². The lowest BCUT2D eigenvalue weighted by molar-refractivity contribution is -0.138. The first kappa shape index (κ1) is 17.0. The first-order chi connectivity index (χ1) is 9.90. The lowest BCUT2D eigenvalue weighted by atomic mass is 10.1. The quantitative estimate of drug-likeness (QED) is 0.811. The lowest BCUT2D eigenvalue weighted by Crippen LogP contribution is -2.49. The van der Waals surface area contributed by atoms with E-state index in [0.29, 0.717) is 0 Å². The number of hydrogen-bond acceptors (Lipinski definition) is 2. The molecule has 0 radical (unpaired) electrons. The Morgan fingerprint density at radius 2 is 1.81 bits per heavy atom. The molecule has 0 aromatic heterocycles. The molecule has 0 saturated heterocycles. The van der Waals surface area contributed by atoms with Crippen LogP contribution in [0.25, 0.3) is 0 Å². The van der Waals surface area contributed by atoms with E-state index >= 15 is 0 Å². The Labute approximate surface area is 126 Å². The minimum atomic E-state index is -1.00. The Kier molecular flexibility index (Phi) is 6.72. The second-order valence-electron chi connectivity index (χ2n) is 5.49. The number of nitrogens with one attached hydrogen (secondary N) is 1. The highest BCUT2D eigenvalue weighted by molar-refractivity contribution is 5.80. The fraction of sp³-hybridized carbons (Fsp3) is 0.500. The van der Waals surface area contributed by atoms with E-state index in [1.807, 2.05) is 25.1 Å². The van der Waals surface area contributed by atoms with Crippen molar-refractivity contribution < 1.29 is 14.7 Å². The number of carbonyl (C=O) groups is 2. The van der Waals surface area contributed by atoms with Gasteiger partial charge < -0.3 is 15.3 Å². The highest BCUT2D eigenvalue weighted by Gasteiger charge is 2.20. The van der Waals surface area contributed by atoms with Crippen LogP contribution in [-0.2, 0) is 11.2 Å². The summed E-state index contributed by atoms with van der Waals surface area (Å²) in [5.41, 5.74) is 1.23. The van der Waals surface area contributed by atoms with E-state index in [2.05, 4.69) is 17.4 Å². The number of hydrogen-bond donors (Lipinski definition) is 2. The largest absolute Gasteiger partial charge is 0.480 e. The molecule has 0 aliphatic carbocycles. The number of carboxylic acid groups (broad SMARTS) is 1. The van der Waals surface area contributed by atoms with Crippen LogP contribution in [0.15, 0.2) is 30.3 Å². The van der Waals surface area contributed by atoms with Crippen LogP contribution < -0.4 is 5.32 Å². The van der Waals surface area contributed by atoms with Crippen LogP contribution >= 0.6 is 0 Å². The van der Waals surface area contributed by atoms with E-state index < -0.39 is 5.97 Å². The summed E-state index contributed by atoms with van der Waals surface area (Å²) in [6.07, 6.45) is 1.69. The van der Waals surface area contributed by atoms with Gasteiger partial charge in [0.2, 0.25) is 0 Å². The van der Waals surface area contributed by atoms with Gasteiger partial charge >= 0.3 is 12.0 Å². The zero-order chi connectivity index (χ0) is 15.8. The summed E-state index contributed by atoms with van der Waals surface area (Å²) in [5, 5.41) is 11.7. The highest BCUT2D eigenvalue weighted by Crippen LogP contribution is 2.06. The van der Waals surface area contributed by atoms with Gasteiger partial charge in [0.05, 0.1) is 0 Å². The summed E-state index contributed by atoms with van der Waals surface area (Å²) in [7, 11) is 0. The molecule has 21 heavy (non-hydrogen) atoms. The fourth-order valence-electron chi connectivity index (χ4n) is 2.03. The first-order valence-electron chi connectivity index (χ1n) is 7.23. The van der Waals surface area contributed by atoms with Gasteiger partial charge in [-0.1, -0.05) is 30.3 Å². The Bertz CT molecular complexity index is 460. The molecule has 1 rings (SSSR count). The molecule has 1 unspecified atom stereocenters. The van der Waals surface area contributed by atoms with E-state index in [0.717, 1.165) is 12.8 Å². The third-order valence-corrected chi connectivity index (χ3v) is 3.27. The second-order valence-corrected chi connectivity index (χ2v) is 5.49. The normalized spacial score (nSPS) is 12.0. The van der Waals surface area contributed by atoms with Gasteiger partial charge in [-0.05, 0) is 39.2 Å². The summed E-state index contributed by atoms with van der Waals surface area (Å²) in [4.78, 5) is 24.2. The molecule has 1 aromatic carbocycles. The number of rotatable bonds is 7. The van der Waals surface area contributed by atoms with Crippen LogP contribution in [0.5, 0.6) is 0 Å². The van der Waals surface area contributed by atoms with Crippen LogP contribution in [0.2, 0.25) is 0 Å². The van der Waals surface area contributed by atoms with Gasteiger partial charge in [-0.2, -0.15) is 0 Å². The van der Waals surface area contributed by atoms with E-state index in [9.17, 15) is 9.59 Å². The van der Waals surface area contributed by atoms with Crippen molar-refractivity contribution in [3.05, 3.63) is 35.9 Å². The molecule has 2 amide bonds. The van der Waals surface area contributed by atoms with E-state index in [4.69, 9.17) is 5.11 Å². The summed E-state index contributed by atoms with van der Waals surface area (Å²) in [5.74, 6) is -1.00. The lowest BCUT2D eigenvalue weighted by Gasteiger charge is -2.27. The predicted octanol–water partition coefficient (Wildman–Crippen LogP) is 2.51. The summed E-state index contributed by atoms with van der Waals surface area (Å²) >= 11 is 0. The molecule has 0 aliphatic rings. The molecule has 5 nitrogen and oxygen atoms in total. The smallest absolute Gasteiger partial charge is 0.323 e. The van der Waals surface area contributed by atoms with Crippen molar-refractivity contribution in [2.75, 3.05) is 6.54 Å². The van der Waals surface area contributed by atoms with Gasteiger partial charge in [-0.15, -0.1) is 0 Å². The van der Waals surface area contributed by atoms with Crippen LogP contribution in [0.1, 0.15) is 32.8 Å². The Hall–Kier alpha value is -2.04. The molecular weight excluding hydrogens is 268 g/mol. The zero-order valence-electron chi connectivity index (χ0n) is 12.9. The van der Waals surface area contributed by atoms with Gasteiger partial charge in [0, 0.05) is 12.1 Å². The van der Waals surface area contributed by atoms with Crippen molar-refractivity contribution in [1.82, 2.24) is 10.2 Å². The molecule has 116 valence electrons. The molecule has 0 fully saturated rings. The monoisotopic (exact) mass is 292 g/mol. The predicted molar refractivity (Wildman–Crippen MR) is 82.2 cm³/mol. The van der Waals surface area contributed by atoms with Crippen molar-refractivity contribution in [3.8, 4) is 0 Å². The van der Waals surface area contributed by atoms with E-state index in [1.165, 1.54) is 10.5 Å². The molecule has 0 aliphatic heterocycles. The Morgan fingerprint density at radius 1 is 1.19 bits per heavy atom. The maximum absolute atomic E-state index is 12.1. The zero-order valence-corrected chi connectivity index (χ0v) is 12.9. The molecule has 0 saturated carbocycles. The van der Waals surface area contributed by atoms with Crippen LogP contribution in [-0.4, -0.2) is 40.6 Å². The number of urea groups is 1. The number of aliphatic carboxylic acids is 1. The van der Waals surface area contributed by atoms with Crippen molar-refractivity contribution in [1.29, 1.82) is 0 Å². The number of benzene rings is 1. The second kappa shape index (κ2) is 8.29. The van der Waals surface area contributed by atoms with Crippen molar-refractivity contribution in [2.24, 2.45) is 0 Å². The number of carboxylic acids is 1. The SMILES string of the molecule is CC(CCc1ccccc1)NC(=O)N(CC(=O)O)C(C)C. The van der Waals surface area contributed by atoms with Gasteiger partial charge in [-0.25, -0.2) is 4.79 Å². The van der Waals surface area contributed by atoms with Gasteiger partial charge in [0.25, 0.3) is 0 Å². The van der Waals surface area contributed by atoms with Crippen molar-refractivity contribution in [3.63, 3.8) is 0 Å². The minimum Gasteiger partial charge on any atom is -0.480 e. The first-order valence-corrected chi connectivity index (χ1v) is 7.23. The molecule has 5 heteroatoms. The molecule has 2 N–H and O–H groups in total. The van der Waals surface area contributed by atoms with Crippen molar-refractivity contribution >= 4 is 12.0 Å². The molecular formula is C16H24N2O3. The van der Waals surface area contributed by atoms with Gasteiger partial charge in [0.15, 0.2) is 0 Å². The highest BCUT2D eigenvalue weighted by atomic mass is 16.4. The molecule has 0 spiro atoms. The third-order valence-electron chi connectivity index (χ3n) is 3.27. The van der Waals surface area contributed by atoms with Crippen LogP contribution in [0, 0.1) is 0 Å². The minimum absolute atomic E-state index is 0.00671. The number of carbonyl (C=O) groups excluding carboxylic acids is 1. The van der Waals surface area contributed by atoms with Gasteiger partial charge in [0.1, 0.15) is 6.54 Å². The number of aryl methyl sites for hydroxylation is 1.